The molecule has 0 atom stereocenters. The number of hydrogen-bond donors (Lipinski definition) is 0. The molecular formula is C25H35FO8. The monoisotopic (exact) mass is 482 g/mol. The second-order valence-corrected chi connectivity index (χ2v) is 7.85. The van der Waals surface area contributed by atoms with Gasteiger partial charge < -0.3 is 18.9 Å². The smallest absolute Gasteiger partial charge is 0.351 e. The third kappa shape index (κ3) is 9.89. The molecule has 9 heteroatoms. The molecule has 0 spiro atoms. The molecule has 0 aliphatic carbocycles. The number of halogens is 1. The van der Waals surface area contributed by atoms with Crippen molar-refractivity contribution in [1.29, 1.82) is 0 Å². The molecule has 190 valence electrons. The number of hydrogen-bond acceptors (Lipinski definition) is 8. The van der Waals surface area contributed by atoms with Gasteiger partial charge in [0.15, 0.2) is 0 Å². The number of carbonyl (C=O) groups is 4. The summed E-state index contributed by atoms with van der Waals surface area (Å²) in [4.78, 5) is 51.0. The molecule has 34 heavy (non-hydrogen) atoms. The van der Waals surface area contributed by atoms with E-state index in [1.54, 1.807) is 0 Å². The van der Waals surface area contributed by atoms with Gasteiger partial charge in [0.25, 0.3) is 0 Å². The van der Waals surface area contributed by atoms with Crippen LogP contribution in [-0.2, 0) is 33.3 Å². The first-order chi connectivity index (χ1) is 16.3. The maximum absolute atomic E-state index is 14.2. The Morgan fingerprint density at radius 3 is 1.71 bits per heavy atom. The lowest BCUT2D eigenvalue weighted by atomic mass is 9.94. The van der Waals surface area contributed by atoms with Crippen LogP contribution in [0.5, 0.6) is 0 Å². The molecule has 0 amide bonds. The SMILES string of the molecule is CCCCOC(=O)CC(CC(=O)OCCCC)(OC(=O)c1ccccc1F)C(=O)OCCCC. The Bertz CT molecular complexity index is 784. The normalized spacial score (nSPS) is 10.9. The van der Waals surface area contributed by atoms with Gasteiger partial charge in [-0.15, -0.1) is 0 Å². The minimum atomic E-state index is -2.36. The fourth-order valence-corrected chi connectivity index (χ4v) is 2.85. The molecule has 0 N–H and O–H groups in total. The second-order valence-electron chi connectivity index (χ2n) is 7.85. The van der Waals surface area contributed by atoms with Crippen LogP contribution < -0.4 is 0 Å². The zero-order valence-electron chi connectivity index (χ0n) is 20.2. The van der Waals surface area contributed by atoms with E-state index < -0.39 is 53.7 Å². The summed E-state index contributed by atoms with van der Waals surface area (Å²) in [6.07, 6.45) is 2.41. The first-order valence-electron chi connectivity index (χ1n) is 11.8. The predicted molar refractivity (Wildman–Crippen MR) is 121 cm³/mol. The van der Waals surface area contributed by atoms with E-state index in [1.807, 2.05) is 20.8 Å². The molecule has 0 radical (unpaired) electrons. The van der Waals surface area contributed by atoms with E-state index in [4.69, 9.17) is 18.9 Å². The highest BCUT2D eigenvalue weighted by Crippen LogP contribution is 2.27. The minimum Gasteiger partial charge on any atom is -0.466 e. The van der Waals surface area contributed by atoms with Crippen molar-refractivity contribution in [3.8, 4) is 0 Å². The van der Waals surface area contributed by atoms with E-state index in [2.05, 4.69) is 0 Å². The van der Waals surface area contributed by atoms with Crippen molar-refractivity contribution in [2.24, 2.45) is 0 Å². The van der Waals surface area contributed by atoms with Crippen LogP contribution in [0.15, 0.2) is 24.3 Å². The summed E-state index contributed by atoms with van der Waals surface area (Å²) in [5.41, 5.74) is -2.81. The quantitative estimate of drug-likeness (QED) is 0.192. The molecule has 0 fully saturated rings. The van der Waals surface area contributed by atoms with Crippen LogP contribution in [0.4, 0.5) is 4.39 Å². The highest BCUT2D eigenvalue weighted by Gasteiger charge is 2.49. The van der Waals surface area contributed by atoms with Crippen molar-refractivity contribution in [2.75, 3.05) is 19.8 Å². The molecule has 8 nitrogen and oxygen atoms in total. The third-order valence-electron chi connectivity index (χ3n) is 4.87. The Hall–Kier alpha value is -2.97. The van der Waals surface area contributed by atoms with Crippen molar-refractivity contribution in [3.05, 3.63) is 35.6 Å². The van der Waals surface area contributed by atoms with Crippen molar-refractivity contribution in [2.45, 2.75) is 77.7 Å². The molecule has 1 rings (SSSR count). The van der Waals surface area contributed by atoms with Crippen LogP contribution in [0.3, 0.4) is 0 Å². The van der Waals surface area contributed by atoms with Gasteiger partial charge in [-0.3, -0.25) is 9.59 Å². The lowest BCUT2D eigenvalue weighted by Gasteiger charge is -2.30. The Morgan fingerprint density at radius 2 is 1.24 bits per heavy atom. The summed E-state index contributed by atoms with van der Waals surface area (Å²) in [5.74, 6) is -4.90. The largest absolute Gasteiger partial charge is 0.466 e. The van der Waals surface area contributed by atoms with E-state index >= 15 is 0 Å². The first kappa shape index (κ1) is 29.1. The van der Waals surface area contributed by atoms with Gasteiger partial charge in [0.1, 0.15) is 5.82 Å². The summed E-state index contributed by atoms with van der Waals surface area (Å²) in [7, 11) is 0. The van der Waals surface area contributed by atoms with E-state index in [1.165, 1.54) is 18.2 Å². The van der Waals surface area contributed by atoms with Gasteiger partial charge >= 0.3 is 23.9 Å². The van der Waals surface area contributed by atoms with E-state index in [0.29, 0.717) is 25.7 Å². The number of rotatable bonds is 16. The van der Waals surface area contributed by atoms with Crippen molar-refractivity contribution >= 4 is 23.9 Å². The maximum atomic E-state index is 14.2. The Labute approximate surface area is 200 Å². The second kappa shape index (κ2) is 15.8. The predicted octanol–water partition coefficient (Wildman–Crippen LogP) is 4.53. The number of ether oxygens (including phenoxy) is 4. The summed E-state index contributed by atoms with van der Waals surface area (Å²) in [5, 5.41) is 0. The molecule has 0 aliphatic heterocycles. The number of esters is 4. The summed E-state index contributed by atoms with van der Waals surface area (Å²) < 4.78 is 35.1. The average Bonchev–Trinajstić information content (AvgIpc) is 2.79. The molecule has 1 aromatic carbocycles. The number of benzene rings is 1. The first-order valence-corrected chi connectivity index (χ1v) is 11.8. The van der Waals surface area contributed by atoms with Gasteiger partial charge in [-0.2, -0.15) is 0 Å². The lowest BCUT2D eigenvalue weighted by Crippen LogP contribution is -2.49. The van der Waals surface area contributed by atoms with Gasteiger partial charge in [-0.1, -0.05) is 52.2 Å². The molecule has 0 bridgehead atoms. The highest BCUT2D eigenvalue weighted by molar-refractivity contribution is 5.96. The van der Waals surface area contributed by atoms with Crippen LogP contribution in [0, 0.1) is 5.82 Å². The average molecular weight is 483 g/mol. The van der Waals surface area contributed by atoms with Crippen molar-refractivity contribution in [3.63, 3.8) is 0 Å². The zero-order valence-corrected chi connectivity index (χ0v) is 20.2. The summed E-state index contributed by atoms with van der Waals surface area (Å²) >= 11 is 0. The molecular weight excluding hydrogens is 447 g/mol. The highest BCUT2D eigenvalue weighted by atomic mass is 19.1. The van der Waals surface area contributed by atoms with Crippen LogP contribution in [0.2, 0.25) is 0 Å². The fourth-order valence-electron chi connectivity index (χ4n) is 2.85. The van der Waals surface area contributed by atoms with Crippen molar-refractivity contribution in [1.82, 2.24) is 0 Å². The number of unbranched alkanes of at least 4 members (excludes halogenated alkanes) is 3. The lowest BCUT2D eigenvalue weighted by molar-refractivity contribution is -0.178. The van der Waals surface area contributed by atoms with E-state index in [0.717, 1.165) is 18.9 Å². The zero-order chi connectivity index (χ0) is 25.4. The maximum Gasteiger partial charge on any atom is 0.351 e. The van der Waals surface area contributed by atoms with Gasteiger partial charge in [0, 0.05) is 0 Å². The Kier molecular flexibility index (Phi) is 13.5. The molecule has 1 aromatic rings. The Balaban J connectivity index is 3.28. The molecule has 0 unspecified atom stereocenters. The van der Waals surface area contributed by atoms with Crippen molar-refractivity contribution < 1.29 is 42.5 Å². The number of carbonyl (C=O) groups excluding carboxylic acids is 4. The topological polar surface area (TPSA) is 105 Å². The van der Waals surface area contributed by atoms with E-state index in [9.17, 15) is 23.6 Å². The molecule has 0 aromatic heterocycles. The van der Waals surface area contributed by atoms with Gasteiger partial charge in [-0.05, 0) is 31.4 Å². The van der Waals surface area contributed by atoms with Crippen LogP contribution in [0.1, 0.15) is 82.5 Å². The van der Waals surface area contributed by atoms with Crippen LogP contribution >= 0.6 is 0 Å². The van der Waals surface area contributed by atoms with Gasteiger partial charge in [0.05, 0.1) is 38.2 Å². The summed E-state index contributed by atoms with van der Waals surface area (Å²) in [6, 6.07) is 5.02. The fraction of sp³-hybridized carbons (Fsp3) is 0.600. The van der Waals surface area contributed by atoms with Gasteiger partial charge in [0.2, 0.25) is 5.60 Å². The van der Waals surface area contributed by atoms with Crippen LogP contribution in [-0.4, -0.2) is 49.3 Å². The van der Waals surface area contributed by atoms with Crippen LogP contribution in [0.25, 0.3) is 0 Å². The molecule has 0 saturated heterocycles. The summed E-state index contributed by atoms with van der Waals surface area (Å²) in [6.45, 7) is 5.88. The standard InChI is InChI=1S/C25H35FO8/c1-4-7-14-31-21(27)17-25(24(30)33-16-9-6-3,18-22(28)32-15-8-5-2)34-23(29)19-12-10-11-13-20(19)26/h10-13H,4-9,14-18H2,1-3H3. The van der Waals surface area contributed by atoms with E-state index in [-0.39, 0.29) is 19.8 Å². The Morgan fingerprint density at radius 1 is 0.765 bits per heavy atom. The minimum absolute atomic E-state index is 0.00982. The molecule has 0 heterocycles. The molecule has 0 saturated carbocycles. The third-order valence-corrected chi connectivity index (χ3v) is 4.87. The molecule has 0 aliphatic rings. The van der Waals surface area contributed by atoms with Gasteiger partial charge in [-0.25, -0.2) is 14.0 Å².